The molecular weight excluding hydrogens is 422 g/mol. The minimum Gasteiger partial charge on any atom is -0.550 e. The quantitative estimate of drug-likeness (QED) is 0.711. The SMILES string of the molecule is C[NH+](C)CC/C=C1\c2ccccc2CSc2cc(Cl)ccc21.O=C([O-])CCC(=O)O. The van der Waals surface area contributed by atoms with E-state index in [2.05, 4.69) is 56.6 Å². The van der Waals surface area contributed by atoms with Crippen LogP contribution in [0.3, 0.4) is 0 Å². The number of rotatable bonds is 6. The van der Waals surface area contributed by atoms with Crippen molar-refractivity contribution >= 4 is 40.9 Å². The molecule has 2 N–H and O–H groups in total. The Morgan fingerprint density at radius 3 is 2.53 bits per heavy atom. The third kappa shape index (κ3) is 7.52. The van der Waals surface area contributed by atoms with Crippen LogP contribution in [0.5, 0.6) is 0 Å². The number of fused-ring (bicyclic) bond motifs is 2. The average molecular weight is 448 g/mol. The summed E-state index contributed by atoms with van der Waals surface area (Å²) < 4.78 is 0. The van der Waals surface area contributed by atoms with E-state index in [0.29, 0.717) is 0 Å². The lowest BCUT2D eigenvalue weighted by Gasteiger charge is -2.12. The Labute approximate surface area is 186 Å². The monoisotopic (exact) mass is 447 g/mol. The highest BCUT2D eigenvalue weighted by atomic mass is 35.5. The highest BCUT2D eigenvalue weighted by Gasteiger charge is 2.18. The maximum Gasteiger partial charge on any atom is 0.303 e. The van der Waals surface area contributed by atoms with Crippen molar-refractivity contribution in [3.05, 3.63) is 70.3 Å². The van der Waals surface area contributed by atoms with Crippen LogP contribution in [0.25, 0.3) is 5.57 Å². The summed E-state index contributed by atoms with van der Waals surface area (Å²) in [5.41, 5.74) is 5.44. The van der Waals surface area contributed by atoms with Gasteiger partial charge in [-0.2, -0.15) is 0 Å². The first-order chi connectivity index (χ1) is 14.3. The Kier molecular flexibility index (Phi) is 9.43. The molecule has 0 unspecified atom stereocenters. The number of hydrogen-bond acceptors (Lipinski definition) is 4. The lowest BCUT2D eigenvalue weighted by atomic mass is 9.93. The lowest BCUT2D eigenvalue weighted by Crippen LogP contribution is -3.05. The molecule has 0 saturated carbocycles. The molecule has 0 aliphatic carbocycles. The normalized spacial score (nSPS) is 13.7. The summed E-state index contributed by atoms with van der Waals surface area (Å²) in [7, 11) is 4.40. The highest BCUT2D eigenvalue weighted by molar-refractivity contribution is 7.98. The molecule has 2 aromatic rings. The predicted octanol–water partition coefficient (Wildman–Crippen LogP) is 2.51. The highest BCUT2D eigenvalue weighted by Crippen LogP contribution is 2.41. The van der Waals surface area contributed by atoms with Gasteiger partial charge in [0.25, 0.3) is 0 Å². The topological polar surface area (TPSA) is 81.9 Å². The number of carbonyl (C=O) groups is 2. The van der Waals surface area contributed by atoms with Gasteiger partial charge in [-0.15, -0.1) is 11.8 Å². The van der Waals surface area contributed by atoms with Gasteiger partial charge in [-0.1, -0.05) is 48.0 Å². The molecule has 7 heteroatoms. The molecule has 0 aromatic heterocycles. The fourth-order valence-corrected chi connectivity index (χ4v) is 4.33. The van der Waals surface area contributed by atoms with Gasteiger partial charge in [-0.05, 0) is 40.8 Å². The van der Waals surface area contributed by atoms with Gasteiger partial charge in [-0.3, -0.25) is 4.79 Å². The number of halogens is 1. The van der Waals surface area contributed by atoms with E-state index in [0.717, 1.165) is 23.7 Å². The molecule has 1 aliphatic rings. The minimum atomic E-state index is -1.33. The number of carbonyl (C=O) groups excluding carboxylic acids is 1. The molecule has 1 heterocycles. The first-order valence-corrected chi connectivity index (χ1v) is 11.1. The third-order valence-electron chi connectivity index (χ3n) is 4.46. The molecule has 30 heavy (non-hydrogen) atoms. The molecule has 2 aromatic carbocycles. The lowest BCUT2D eigenvalue weighted by molar-refractivity contribution is -0.857. The molecule has 0 bridgehead atoms. The Morgan fingerprint density at radius 2 is 1.90 bits per heavy atom. The van der Waals surface area contributed by atoms with Crippen molar-refractivity contribution in [2.24, 2.45) is 0 Å². The van der Waals surface area contributed by atoms with E-state index in [1.54, 1.807) is 0 Å². The summed E-state index contributed by atoms with van der Waals surface area (Å²) in [6, 6.07) is 15.0. The van der Waals surface area contributed by atoms with Crippen molar-refractivity contribution < 1.29 is 24.7 Å². The zero-order chi connectivity index (χ0) is 22.1. The Bertz CT molecular complexity index is 913. The van der Waals surface area contributed by atoms with Gasteiger partial charge in [0.1, 0.15) is 0 Å². The third-order valence-corrected chi connectivity index (χ3v) is 5.80. The van der Waals surface area contributed by atoms with E-state index < -0.39 is 18.4 Å². The van der Waals surface area contributed by atoms with Crippen LogP contribution in [0.1, 0.15) is 36.0 Å². The molecule has 3 rings (SSSR count). The van der Waals surface area contributed by atoms with Crippen LogP contribution in [0.2, 0.25) is 5.02 Å². The summed E-state index contributed by atoms with van der Waals surface area (Å²) in [6.07, 6.45) is 2.71. The van der Waals surface area contributed by atoms with Crippen molar-refractivity contribution in [1.29, 1.82) is 0 Å². The number of benzene rings is 2. The Hall–Kier alpha value is -2.28. The summed E-state index contributed by atoms with van der Waals surface area (Å²) in [6.45, 7) is 1.14. The Morgan fingerprint density at radius 1 is 1.17 bits per heavy atom. The fraction of sp³-hybridized carbons (Fsp3) is 0.304. The van der Waals surface area contributed by atoms with Gasteiger partial charge in [0.15, 0.2) is 0 Å². The maximum atomic E-state index is 9.61. The molecule has 0 saturated heterocycles. The number of carboxylic acids is 2. The maximum absolute atomic E-state index is 9.61. The van der Waals surface area contributed by atoms with E-state index in [9.17, 15) is 14.7 Å². The molecule has 0 amide bonds. The van der Waals surface area contributed by atoms with Crippen LogP contribution in [-0.4, -0.2) is 37.7 Å². The Balaban J connectivity index is 0.000000343. The van der Waals surface area contributed by atoms with E-state index in [-0.39, 0.29) is 6.42 Å². The second-order valence-electron chi connectivity index (χ2n) is 7.22. The summed E-state index contributed by atoms with van der Waals surface area (Å²) in [5, 5.41) is 18.2. The van der Waals surface area contributed by atoms with Gasteiger partial charge in [-0.25, -0.2) is 0 Å². The zero-order valence-corrected chi connectivity index (χ0v) is 18.7. The molecular formula is C23H26ClNO4S. The van der Waals surface area contributed by atoms with E-state index in [1.165, 1.54) is 32.1 Å². The standard InChI is InChI=1S/C19H20ClNS.C4H6O4/c1-21(2)11-5-8-17-16-7-4-3-6-14(16)13-22-19-12-15(20)9-10-18(17)19;5-3(6)1-2-4(7)8/h3-4,6-10,12H,5,11,13H2,1-2H3;1-2H2,(H,5,6)(H,7,8)/b17-8+;. The average Bonchev–Trinajstić information content (AvgIpc) is 2.84. The van der Waals surface area contributed by atoms with Gasteiger partial charge in [0.2, 0.25) is 0 Å². The summed E-state index contributed by atoms with van der Waals surface area (Å²) in [4.78, 5) is 21.9. The van der Waals surface area contributed by atoms with Crippen molar-refractivity contribution in [3.8, 4) is 0 Å². The smallest absolute Gasteiger partial charge is 0.303 e. The number of hydrogen-bond donors (Lipinski definition) is 2. The van der Waals surface area contributed by atoms with Gasteiger partial charge in [0, 0.05) is 28.1 Å². The van der Waals surface area contributed by atoms with Gasteiger partial charge >= 0.3 is 5.97 Å². The molecule has 0 radical (unpaired) electrons. The van der Waals surface area contributed by atoms with Crippen LogP contribution in [-0.2, 0) is 15.3 Å². The van der Waals surface area contributed by atoms with Crippen LogP contribution >= 0.6 is 23.4 Å². The largest absolute Gasteiger partial charge is 0.550 e. The van der Waals surface area contributed by atoms with Crippen LogP contribution in [0.4, 0.5) is 0 Å². The van der Waals surface area contributed by atoms with Crippen LogP contribution in [0.15, 0.2) is 53.4 Å². The second kappa shape index (κ2) is 11.8. The number of thioether (sulfide) groups is 1. The minimum absolute atomic E-state index is 0.359. The van der Waals surface area contributed by atoms with Crippen molar-refractivity contribution in [1.82, 2.24) is 0 Å². The van der Waals surface area contributed by atoms with Crippen molar-refractivity contribution in [2.75, 3.05) is 20.6 Å². The zero-order valence-electron chi connectivity index (χ0n) is 17.1. The van der Waals surface area contributed by atoms with Crippen molar-refractivity contribution in [3.63, 3.8) is 0 Å². The predicted molar refractivity (Wildman–Crippen MR) is 119 cm³/mol. The number of carboxylic acid groups (broad SMARTS) is 2. The molecule has 160 valence electrons. The number of aliphatic carboxylic acids is 2. The summed E-state index contributed by atoms with van der Waals surface area (Å²) >= 11 is 8.08. The van der Waals surface area contributed by atoms with E-state index in [1.807, 2.05) is 17.8 Å². The van der Waals surface area contributed by atoms with Gasteiger partial charge < -0.3 is 19.9 Å². The first kappa shape index (κ1) is 24.0. The fourth-order valence-electron chi connectivity index (χ4n) is 2.98. The van der Waals surface area contributed by atoms with E-state index in [4.69, 9.17) is 16.7 Å². The summed E-state index contributed by atoms with van der Waals surface area (Å²) in [5.74, 6) is -1.44. The van der Waals surface area contributed by atoms with Gasteiger partial charge in [0.05, 0.1) is 27.1 Å². The number of nitrogens with one attached hydrogen (secondary N) is 1. The number of quaternary nitrogens is 1. The van der Waals surface area contributed by atoms with Crippen LogP contribution in [0, 0.1) is 0 Å². The molecule has 1 aliphatic heterocycles. The molecule has 0 fully saturated rings. The van der Waals surface area contributed by atoms with E-state index >= 15 is 0 Å². The van der Waals surface area contributed by atoms with Crippen LogP contribution < -0.4 is 10.0 Å². The molecule has 0 spiro atoms. The molecule has 5 nitrogen and oxygen atoms in total. The van der Waals surface area contributed by atoms with Crippen molar-refractivity contribution in [2.45, 2.75) is 29.9 Å². The molecule has 0 atom stereocenters. The second-order valence-corrected chi connectivity index (χ2v) is 8.67. The first-order valence-electron chi connectivity index (χ1n) is 9.69.